The Kier molecular flexibility index (Phi) is 5.61. The summed E-state index contributed by atoms with van der Waals surface area (Å²) in [5, 5.41) is 0. The van der Waals surface area contributed by atoms with Gasteiger partial charge in [0.25, 0.3) is 0 Å². The molecule has 1 aliphatic rings. The highest BCUT2D eigenvalue weighted by Gasteiger charge is 2.42. The number of likely N-dealkylation sites (tertiary alicyclic amines) is 1. The molecule has 0 unspecified atom stereocenters. The largest absolute Gasteiger partial charge is 0.466 e. The van der Waals surface area contributed by atoms with Crippen LogP contribution >= 0.6 is 0 Å². The molecule has 1 saturated heterocycles. The van der Waals surface area contributed by atoms with E-state index in [1.54, 1.807) is 6.92 Å². The molecule has 2 aromatic rings. The van der Waals surface area contributed by atoms with E-state index >= 15 is 0 Å². The zero-order chi connectivity index (χ0) is 17.6. The van der Waals surface area contributed by atoms with Gasteiger partial charge in [0.1, 0.15) is 0 Å². The van der Waals surface area contributed by atoms with Crippen LogP contribution in [0, 0.1) is 11.8 Å². The number of esters is 1. The lowest BCUT2D eigenvalue weighted by Crippen LogP contribution is -2.30. The van der Waals surface area contributed by atoms with Crippen LogP contribution < -0.4 is 0 Å². The fourth-order valence-electron chi connectivity index (χ4n) is 3.43. The van der Waals surface area contributed by atoms with Crippen molar-refractivity contribution in [1.29, 1.82) is 0 Å². The lowest BCUT2D eigenvalue weighted by Gasteiger charge is -2.15. The lowest BCUT2D eigenvalue weighted by molar-refractivity contribution is -0.148. The van der Waals surface area contributed by atoms with E-state index in [4.69, 9.17) is 4.74 Å². The maximum atomic E-state index is 12.9. The van der Waals surface area contributed by atoms with Crippen LogP contribution in [-0.4, -0.2) is 36.3 Å². The maximum absolute atomic E-state index is 12.9. The van der Waals surface area contributed by atoms with E-state index in [1.807, 2.05) is 48.5 Å². The van der Waals surface area contributed by atoms with Gasteiger partial charge in [0, 0.05) is 31.1 Å². The Balaban J connectivity index is 1.78. The highest BCUT2D eigenvalue weighted by molar-refractivity contribution is 6.00. The van der Waals surface area contributed by atoms with Gasteiger partial charge >= 0.3 is 5.97 Å². The second-order valence-corrected chi connectivity index (χ2v) is 6.37. The van der Waals surface area contributed by atoms with Gasteiger partial charge in [-0.1, -0.05) is 60.7 Å². The molecule has 0 radical (unpaired) electrons. The van der Waals surface area contributed by atoms with Crippen LogP contribution in [-0.2, 0) is 16.1 Å². The number of benzene rings is 2. The van der Waals surface area contributed by atoms with Crippen LogP contribution in [0.25, 0.3) is 0 Å². The second-order valence-electron chi connectivity index (χ2n) is 6.37. The summed E-state index contributed by atoms with van der Waals surface area (Å²) in [6, 6.07) is 19.3. The standard InChI is InChI=1S/C21H23NO3/c1-2-25-21(24)19-15-22(13-16-9-5-3-6-10-16)14-18(19)20(23)17-11-7-4-8-12-17/h3-12,18-19H,2,13-15H2,1H3/t18-,19+/m1/s1. The van der Waals surface area contributed by atoms with Crippen molar-refractivity contribution >= 4 is 11.8 Å². The predicted octanol–water partition coefficient (Wildman–Crippen LogP) is 3.18. The molecule has 4 heteroatoms. The van der Waals surface area contributed by atoms with Gasteiger partial charge in [-0.25, -0.2) is 0 Å². The first-order valence-electron chi connectivity index (χ1n) is 8.71. The highest BCUT2D eigenvalue weighted by Crippen LogP contribution is 2.29. The molecule has 0 saturated carbocycles. The molecule has 2 atom stereocenters. The molecule has 0 bridgehead atoms. The first-order valence-corrected chi connectivity index (χ1v) is 8.71. The summed E-state index contributed by atoms with van der Waals surface area (Å²) in [5.41, 5.74) is 1.83. The van der Waals surface area contributed by atoms with Crippen molar-refractivity contribution in [3.63, 3.8) is 0 Å². The predicted molar refractivity (Wildman–Crippen MR) is 96.1 cm³/mol. The van der Waals surface area contributed by atoms with E-state index in [0.29, 0.717) is 25.3 Å². The van der Waals surface area contributed by atoms with Gasteiger partial charge in [-0.15, -0.1) is 0 Å². The Bertz CT molecular complexity index is 714. The van der Waals surface area contributed by atoms with Crippen molar-refractivity contribution in [3.05, 3.63) is 71.8 Å². The van der Waals surface area contributed by atoms with Crippen LogP contribution in [0.3, 0.4) is 0 Å². The van der Waals surface area contributed by atoms with E-state index in [9.17, 15) is 9.59 Å². The molecule has 1 heterocycles. The minimum Gasteiger partial charge on any atom is -0.466 e. The van der Waals surface area contributed by atoms with Crippen molar-refractivity contribution < 1.29 is 14.3 Å². The first-order chi connectivity index (χ1) is 12.2. The van der Waals surface area contributed by atoms with Crippen molar-refractivity contribution in [2.45, 2.75) is 13.5 Å². The molecular formula is C21H23NO3. The third kappa shape index (κ3) is 4.15. The van der Waals surface area contributed by atoms with Crippen molar-refractivity contribution in [2.75, 3.05) is 19.7 Å². The SMILES string of the molecule is CCOC(=O)[C@H]1CN(Cc2ccccc2)C[C@H]1C(=O)c1ccccc1. The summed E-state index contributed by atoms with van der Waals surface area (Å²) in [4.78, 5) is 27.5. The van der Waals surface area contributed by atoms with Gasteiger partial charge < -0.3 is 4.74 Å². The molecule has 0 N–H and O–H groups in total. The Morgan fingerprint density at radius 3 is 2.20 bits per heavy atom. The summed E-state index contributed by atoms with van der Waals surface area (Å²) < 4.78 is 5.22. The smallest absolute Gasteiger partial charge is 0.311 e. The molecule has 0 spiro atoms. The normalized spacial score (nSPS) is 20.4. The molecule has 1 fully saturated rings. The number of hydrogen-bond donors (Lipinski definition) is 0. The van der Waals surface area contributed by atoms with Crippen LogP contribution in [0.5, 0.6) is 0 Å². The van der Waals surface area contributed by atoms with Gasteiger partial charge in [0.05, 0.1) is 12.5 Å². The van der Waals surface area contributed by atoms with Crippen LogP contribution in [0.2, 0.25) is 0 Å². The number of hydrogen-bond acceptors (Lipinski definition) is 4. The molecule has 2 aromatic carbocycles. The Morgan fingerprint density at radius 2 is 1.56 bits per heavy atom. The quantitative estimate of drug-likeness (QED) is 0.600. The minimum absolute atomic E-state index is 0.0224. The minimum atomic E-state index is -0.406. The number of ketones is 1. The van der Waals surface area contributed by atoms with Gasteiger partial charge in [-0.2, -0.15) is 0 Å². The monoisotopic (exact) mass is 337 g/mol. The summed E-state index contributed by atoms with van der Waals surface area (Å²) in [6.45, 7) is 3.99. The number of ether oxygens (including phenoxy) is 1. The number of Topliss-reactive ketones (excluding diaryl/α,β-unsaturated/α-hetero) is 1. The molecule has 25 heavy (non-hydrogen) atoms. The zero-order valence-corrected chi connectivity index (χ0v) is 14.4. The Labute approximate surface area is 148 Å². The van der Waals surface area contributed by atoms with E-state index in [1.165, 1.54) is 5.56 Å². The first kappa shape index (κ1) is 17.4. The molecule has 0 amide bonds. The maximum Gasteiger partial charge on any atom is 0.311 e. The lowest BCUT2D eigenvalue weighted by atomic mass is 9.88. The second kappa shape index (κ2) is 8.08. The van der Waals surface area contributed by atoms with E-state index in [2.05, 4.69) is 17.0 Å². The average Bonchev–Trinajstić information content (AvgIpc) is 3.07. The van der Waals surface area contributed by atoms with Gasteiger partial charge in [-0.3, -0.25) is 14.5 Å². The third-order valence-electron chi connectivity index (χ3n) is 4.63. The fourth-order valence-corrected chi connectivity index (χ4v) is 3.43. The van der Waals surface area contributed by atoms with Crippen LogP contribution in [0.15, 0.2) is 60.7 Å². The third-order valence-corrected chi connectivity index (χ3v) is 4.63. The van der Waals surface area contributed by atoms with Crippen molar-refractivity contribution in [1.82, 2.24) is 4.90 Å². The Hall–Kier alpha value is -2.46. The molecule has 130 valence electrons. The summed E-state index contributed by atoms with van der Waals surface area (Å²) in [7, 11) is 0. The molecule has 4 nitrogen and oxygen atoms in total. The number of carbonyl (C=O) groups excluding carboxylic acids is 2. The van der Waals surface area contributed by atoms with E-state index in [0.717, 1.165) is 6.54 Å². The summed E-state index contributed by atoms with van der Waals surface area (Å²) >= 11 is 0. The average molecular weight is 337 g/mol. The molecule has 3 rings (SSSR count). The van der Waals surface area contributed by atoms with Crippen LogP contribution in [0.1, 0.15) is 22.8 Å². The number of nitrogens with zero attached hydrogens (tertiary/aromatic N) is 1. The zero-order valence-electron chi connectivity index (χ0n) is 14.4. The summed E-state index contributed by atoms with van der Waals surface area (Å²) in [6.07, 6.45) is 0. The fraction of sp³-hybridized carbons (Fsp3) is 0.333. The molecular weight excluding hydrogens is 314 g/mol. The van der Waals surface area contributed by atoms with Crippen LogP contribution in [0.4, 0.5) is 0 Å². The summed E-state index contributed by atoms with van der Waals surface area (Å²) in [5.74, 6) is -1.01. The molecule has 1 aliphatic heterocycles. The van der Waals surface area contributed by atoms with E-state index < -0.39 is 5.92 Å². The van der Waals surface area contributed by atoms with Crippen molar-refractivity contribution in [2.24, 2.45) is 11.8 Å². The molecule has 0 aromatic heterocycles. The Morgan fingerprint density at radius 1 is 0.960 bits per heavy atom. The van der Waals surface area contributed by atoms with Crippen molar-refractivity contribution in [3.8, 4) is 0 Å². The number of carbonyl (C=O) groups is 2. The van der Waals surface area contributed by atoms with Gasteiger partial charge in [-0.05, 0) is 12.5 Å². The van der Waals surface area contributed by atoms with Gasteiger partial charge in [0.2, 0.25) is 0 Å². The van der Waals surface area contributed by atoms with E-state index in [-0.39, 0.29) is 17.7 Å². The number of rotatable bonds is 6. The highest BCUT2D eigenvalue weighted by atomic mass is 16.5. The topological polar surface area (TPSA) is 46.6 Å². The molecule has 0 aliphatic carbocycles. The van der Waals surface area contributed by atoms with Gasteiger partial charge in [0.15, 0.2) is 5.78 Å².